The molecule has 0 atom stereocenters. The second-order valence-corrected chi connectivity index (χ2v) is 7.20. The average Bonchev–Trinajstić information content (AvgIpc) is 2.84. The zero-order valence-corrected chi connectivity index (χ0v) is 15.6. The summed E-state index contributed by atoms with van der Waals surface area (Å²) >= 11 is 13.1. The van der Waals surface area contributed by atoms with Crippen LogP contribution >= 0.6 is 35.0 Å². The van der Waals surface area contributed by atoms with Crippen LogP contribution in [0.3, 0.4) is 0 Å². The van der Waals surface area contributed by atoms with Crippen LogP contribution in [0, 0.1) is 6.92 Å². The summed E-state index contributed by atoms with van der Waals surface area (Å²) in [6.45, 7) is 2.05. The number of thioether (sulfide) groups is 1. The van der Waals surface area contributed by atoms with Crippen LogP contribution in [0.25, 0.3) is 6.08 Å². The molecule has 1 heterocycles. The van der Waals surface area contributed by atoms with Crippen LogP contribution in [0.15, 0.2) is 47.4 Å². The molecular formula is C18H14Cl2N2O2S. The fourth-order valence-electron chi connectivity index (χ4n) is 2.35. The molecule has 2 aromatic rings. The van der Waals surface area contributed by atoms with Crippen LogP contribution < -0.4 is 5.32 Å². The lowest BCUT2D eigenvalue weighted by molar-refractivity contribution is -0.122. The molecule has 0 radical (unpaired) electrons. The highest BCUT2D eigenvalue weighted by Crippen LogP contribution is 2.35. The van der Waals surface area contributed by atoms with E-state index in [1.54, 1.807) is 24.3 Å². The number of carbonyl (C=O) groups excluding carboxylic acids is 2. The quantitative estimate of drug-likeness (QED) is 0.706. The first-order chi connectivity index (χ1) is 12.0. The van der Waals surface area contributed by atoms with E-state index in [-0.39, 0.29) is 17.8 Å². The molecule has 3 rings (SSSR count). The van der Waals surface area contributed by atoms with Gasteiger partial charge in [0.05, 0.1) is 11.6 Å². The molecule has 0 saturated carbocycles. The molecule has 25 heavy (non-hydrogen) atoms. The summed E-state index contributed by atoms with van der Waals surface area (Å²) in [7, 11) is 0. The minimum absolute atomic E-state index is 0.100. The third-order valence-corrected chi connectivity index (χ3v) is 5.29. The fourth-order valence-corrected chi connectivity index (χ4v) is 3.68. The molecule has 128 valence electrons. The van der Waals surface area contributed by atoms with Gasteiger partial charge in [0.1, 0.15) is 0 Å². The summed E-state index contributed by atoms with van der Waals surface area (Å²) in [5, 5.41) is 3.64. The molecule has 7 heteroatoms. The van der Waals surface area contributed by atoms with Crippen molar-refractivity contribution in [3.8, 4) is 0 Å². The Bertz CT molecular complexity index is 863. The van der Waals surface area contributed by atoms with Crippen molar-refractivity contribution in [1.29, 1.82) is 0 Å². The van der Waals surface area contributed by atoms with Crippen molar-refractivity contribution in [2.24, 2.45) is 0 Å². The third kappa shape index (κ3) is 3.84. The number of carbonyl (C=O) groups is 2. The Hall–Kier alpha value is -1.95. The van der Waals surface area contributed by atoms with Crippen LogP contribution in [0.4, 0.5) is 10.5 Å². The number of rotatable bonds is 4. The fraction of sp³-hybridized carbons (Fsp3) is 0.111. The van der Waals surface area contributed by atoms with Crippen LogP contribution in [0.2, 0.25) is 10.0 Å². The number of imide groups is 1. The Morgan fingerprint density at radius 1 is 1.08 bits per heavy atom. The van der Waals surface area contributed by atoms with Gasteiger partial charge in [-0.25, -0.2) is 0 Å². The molecule has 0 aliphatic carbocycles. The largest absolute Gasteiger partial charge is 0.367 e. The highest BCUT2D eigenvalue weighted by molar-refractivity contribution is 8.18. The van der Waals surface area contributed by atoms with Crippen molar-refractivity contribution < 1.29 is 9.59 Å². The number of aryl methyl sites for hydroxylation is 1. The van der Waals surface area contributed by atoms with Crippen molar-refractivity contribution >= 4 is 57.9 Å². The molecule has 2 amide bonds. The van der Waals surface area contributed by atoms with Crippen LogP contribution in [-0.4, -0.2) is 22.7 Å². The minimum atomic E-state index is -0.368. The molecule has 1 N–H and O–H groups in total. The smallest absolute Gasteiger partial charge is 0.295 e. The molecule has 1 fully saturated rings. The number of benzene rings is 2. The molecule has 1 aliphatic heterocycles. The Labute approximate surface area is 159 Å². The first-order valence-electron chi connectivity index (χ1n) is 7.46. The maximum absolute atomic E-state index is 12.5. The Kier molecular flexibility index (Phi) is 5.37. The lowest BCUT2D eigenvalue weighted by Crippen LogP contribution is -2.33. The van der Waals surface area contributed by atoms with E-state index in [0.29, 0.717) is 20.5 Å². The van der Waals surface area contributed by atoms with Gasteiger partial charge in [0.15, 0.2) is 0 Å². The lowest BCUT2D eigenvalue weighted by Gasteiger charge is -2.15. The SMILES string of the molecule is Cc1ccccc1NCN1C(=O)S/C(=C\c2c(Cl)cccc2Cl)C1=O. The Morgan fingerprint density at radius 2 is 1.76 bits per heavy atom. The van der Waals surface area contributed by atoms with E-state index in [2.05, 4.69) is 5.32 Å². The van der Waals surface area contributed by atoms with E-state index in [1.807, 2.05) is 31.2 Å². The van der Waals surface area contributed by atoms with E-state index in [4.69, 9.17) is 23.2 Å². The zero-order valence-electron chi connectivity index (χ0n) is 13.3. The van der Waals surface area contributed by atoms with Crippen molar-refractivity contribution in [2.75, 3.05) is 12.0 Å². The van der Waals surface area contributed by atoms with E-state index >= 15 is 0 Å². The molecular weight excluding hydrogens is 379 g/mol. The zero-order chi connectivity index (χ0) is 18.0. The lowest BCUT2D eigenvalue weighted by atomic mass is 10.2. The van der Waals surface area contributed by atoms with E-state index in [9.17, 15) is 9.59 Å². The van der Waals surface area contributed by atoms with Gasteiger partial charge in [-0.3, -0.25) is 14.5 Å². The van der Waals surface area contributed by atoms with Gasteiger partial charge in [0, 0.05) is 21.3 Å². The van der Waals surface area contributed by atoms with Crippen molar-refractivity contribution in [2.45, 2.75) is 6.92 Å². The van der Waals surface area contributed by atoms with Crippen molar-refractivity contribution in [1.82, 2.24) is 4.90 Å². The van der Waals surface area contributed by atoms with Gasteiger partial charge in [-0.15, -0.1) is 0 Å². The highest BCUT2D eigenvalue weighted by Gasteiger charge is 2.35. The predicted molar refractivity (Wildman–Crippen MR) is 104 cm³/mol. The maximum atomic E-state index is 12.5. The van der Waals surface area contributed by atoms with Gasteiger partial charge in [0.2, 0.25) is 0 Å². The van der Waals surface area contributed by atoms with E-state index < -0.39 is 0 Å². The Morgan fingerprint density at radius 3 is 2.44 bits per heavy atom. The van der Waals surface area contributed by atoms with Gasteiger partial charge in [-0.05, 0) is 48.5 Å². The van der Waals surface area contributed by atoms with Crippen LogP contribution in [0.5, 0.6) is 0 Å². The summed E-state index contributed by atoms with van der Waals surface area (Å²) in [5.41, 5.74) is 2.44. The standard InChI is InChI=1S/C18H14Cl2N2O2S/c1-11-5-2-3-8-15(11)21-10-22-17(23)16(25-18(22)24)9-12-13(19)6-4-7-14(12)20/h2-9,21H,10H2,1H3/b16-9-. The predicted octanol–water partition coefficient (Wildman–Crippen LogP) is 5.41. The summed E-state index contributed by atoms with van der Waals surface area (Å²) in [6, 6.07) is 12.8. The first kappa shape index (κ1) is 17.9. The van der Waals surface area contributed by atoms with E-state index in [0.717, 1.165) is 27.9 Å². The van der Waals surface area contributed by atoms with Crippen molar-refractivity contribution in [3.05, 3.63) is 68.5 Å². The van der Waals surface area contributed by atoms with E-state index in [1.165, 1.54) is 0 Å². The third-order valence-electron chi connectivity index (χ3n) is 3.72. The molecule has 2 aromatic carbocycles. The minimum Gasteiger partial charge on any atom is -0.367 e. The number of nitrogens with one attached hydrogen (secondary N) is 1. The van der Waals surface area contributed by atoms with Gasteiger partial charge in [-0.1, -0.05) is 47.5 Å². The summed E-state index contributed by atoms with van der Waals surface area (Å²) in [5.74, 6) is -0.368. The number of anilines is 1. The number of halogens is 2. The number of hydrogen-bond acceptors (Lipinski definition) is 4. The van der Waals surface area contributed by atoms with Crippen LogP contribution in [0.1, 0.15) is 11.1 Å². The Balaban J connectivity index is 1.78. The van der Waals surface area contributed by atoms with Crippen molar-refractivity contribution in [3.63, 3.8) is 0 Å². The molecule has 1 aliphatic rings. The number of para-hydroxylation sites is 1. The molecule has 4 nitrogen and oxygen atoms in total. The summed E-state index contributed by atoms with van der Waals surface area (Å²) in [6.07, 6.45) is 1.56. The van der Waals surface area contributed by atoms with Crippen LogP contribution in [-0.2, 0) is 4.79 Å². The molecule has 0 unspecified atom stereocenters. The molecule has 0 aromatic heterocycles. The molecule has 0 bridgehead atoms. The normalized spacial score (nSPS) is 16.0. The number of amides is 2. The number of hydrogen-bond donors (Lipinski definition) is 1. The topological polar surface area (TPSA) is 49.4 Å². The van der Waals surface area contributed by atoms with Gasteiger partial charge >= 0.3 is 0 Å². The highest BCUT2D eigenvalue weighted by atomic mass is 35.5. The second kappa shape index (κ2) is 7.52. The monoisotopic (exact) mass is 392 g/mol. The molecule has 0 spiro atoms. The molecule has 1 saturated heterocycles. The summed E-state index contributed by atoms with van der Waals surface area (Å²) in [4.78, 5) is 26.2. The average molecular weight is 393 g/mol. The maximum Gasteiger partial charge on any atom is 0.295 e. The number of nitrogens with zero attached hydrogens (tertiary/aromatic N) is 1. The van der Waals surface area contributed by atoms with Gasteiger partial charge < -0.3 is 5.32 Å². The first-order valence-corrected chi connectivity index (χ1v) is 9.03. The summed E-state index contributed by atoms with van der Waals surface area (Å²) < 4.78 is 0. The van der Waals surface area contributed by atoms with Gasteiger partial charge in [0.25, 0.3) is 11.1 Å². The van der Waals surface area contributed by atoms with Gasteiger partial charge in [-0.2, -0.15) is 0 Å². The second-order valence-electron chi connectivity index (χ2n) is 5.39.